The summed E-state index contributed by atoms with van der Waals surface area (Å²) in [5, 5.41) is 9.41. The molecule has 5 rings (SSSR count). The van der Waals surface area contributed by atoms with Crippen LogP contribution in [0.4, 0.5) is 10.1 Å². The third-order valence-electron chi connectivity index (χ3n) is 7.23. The van der Waals surface area contributed by atoms with Gasteiger partial charge < -0.3 is 33.7 Å². The lowest BCUT2D eigenvalue weighted by Gasteiger charge is -2.38. The summed E-state index contributed by atoms with van der Waals surface area (Å²) < 4.78 is 33.0. The quantitative estimate of drug-likeness (QED) is 0.455. The summed E-state index contributed by atoms with van der Waals surface area (Å²) in [4.78, 5) is 40.8. The van der Waals surface area contributed by atoms with Gasteiger partial charge in [0.2, 0.25) is 5.43 Å². The number of fused-ring (bicyclic) bond motifs is 1. The van der Waals surface area contributed by atoms with Crippen LogP contribution in [0.3, 0.4) is 0 Å². The number of aromatic carboxylic acids is 1. The Morgan fingerprint density at radius 3 is 2.36 bits per heavy atom. The molecule has 0 amide bonds. The van der Waals surface area contributed by atoms with E-state index in [2.05, 4.69) is 4.90 Å². The van der Waals surface area contributed by atoms with E-state index in [9.17, 15) is 19.5 Å². The minimum absolute atomic E-state index is 0.0305. The largest absolute Gasteiger partial charge is 0.493 e. The molecule has 0 unspecified atom stereocenters. The molecule has 39 heavy (non-hydrogen) atoms. The number of aromatic nitrogens is 1. The molecule has 11 heteroatoms. The molecule has 0 spiro atoms. The molecule has 1 N–H and O–H groups in total. The van der Waals surface area contributed by atoms with E-state index in [1.165, 1.54) is 13.3 Å². The van der Waals surface area contributed by atoms with E-state index in [0.29, 0.717) is 66.6 Å². The first-order valence-electron chi connectivity index (χ1n) is 12.5. The third kappa shape index (κ3) is 4.53. The molecular weight excluding hydrogens is 509 g/mol. The van der Waals surface area contributed by atoms with Crippen LogP contribution in [0.5, 0.6) is 11.5 Å². The monoisotopic (exact) mass is 537 g/mol. The van der Waals surface area contributed by atoms with Crippen LogP contribution in [-0.4, -0.2) is 73.5 Å². The number of carboxylic acid groups (broad SMARTS) is 1. The van der Waals surface area contributed by atoms with Gasteiger partial charge in [-0.25, -0.2) is 14.0 Å². The van der Waals surface area contributed by atoms with Crippen LogP contribution >= 0.6 is 0 Å². The first kappa shape index (κ1) is 26.1. The molecule has 10 nitrogen and oxygen atoms in total. The molecule has 3 heterocycles. The van der Waals surface area contributed by atoms with Crippen molar-refractivity contribution in [1.82, 2.24) is 9.47 Å². The van der Waals surface area contributed by atoms with Crippen molar-refractivity contribution in [2.24, 2.45) is 0 Å². The van der Waals surface area contributed by atoms with Gasteiger partial charge in [-0.3, -0.25) is 4.79 Å². The van der Waals surface area contributed by atoms with Gasteiger partial charge >= 0.3 is 11.9 Å². The van der Waals surface area contributed by atoms with E-state index in [1.807, 2.05) is 11.8 Å². The zero-order chi connectivity index (χ0) is 27.8. The zero-order valence-electron chi connectivity index (χ0n) is 21.8. The van der Waals surface area contributed by atoms with Crippen LogP contribution in [0.1, 0.15) is 22.8 Å². The highest BCUT2D eigenvalue weighted by Crippen LogP contribution is 2.35. The summed E-state index contributed by atoms with van der Waals surface area (Å²) >= 11 is 0. The summed E-state index contributed by atoms with van der Waals surface area (Å²) in [5.41, 5.74) is 1.58. The van der Waals surface area contributed by atoms with Crippen molar-refractivity contribution in [3.63, 3.8) is 0 Å². The van der Waals surface area contributed by atoms with Gasteiger partial charge in [0.15, 0.2) is 11.5 Å². The van der Waals surface area contributed by atoms with Crippen molar-refractivity contribution in [2.75, 3.05) is 51.9 Å². The van der Waals surface area contributed by atoms with Crippen molar-refractivity contribution in [3.05, 3.63) is 69.4 Å². The SMILES string of the molecule is CCn1cc(C(=O)O)c(=O)c2cc(F)c(N3CCN(C4=C(c5ccc(OC)c(OC)c5)C(=O)OC4)CC3)cc21. The number of carbonyl (C=O) groups is 2. The van der Waals surface area contributed by atoms with E-state index in [0.717, 1.165) is 11.8 Å². The fourth-order valence-electron chi connectivity index (χ4n) is 5.19. The second-order valence-corrected chi connectivity index (χ2v) is 9.23. The number of piperazine rings is 1. The normalized spacial score (nSPS) is 15.6. The molecular formula is C28H28FN3O7. The van der Waals surface area contributed by atoms with Crippen LogP contribution in [0.2, 0.25) is 0 Å². The molecule has 1 fully saturated rings. The van der Waals surface area contributed by atoms with Crippen LogP contribution in [0.15, 0.2) is 47.0 Å². The Hall–Kier alpha value is -4.54. The lowest BCUT2D eigenvalue weighted by atomic mass is 10.0. The number of ether oxygens (including phenoxy) is 3. The first-order valence-corrected chi connectivity index (χ1v) is 12.5. The van der Waals surface area contributed by atoms with Gasteiger partial charge in [-0.2, -0.15) is 0 Å². The maximum Gasteiger partial charge on any atom is 0.341 e. The summed E-state index contributed by atoms with van der Waals surface area (Å²) in [6, 6.07) is 7.99. The minimum atomic E-state index is -1.35. The van der Waals surface area contributed by atoms with Gasteiger partial charge in [0.25, 0.3) is 0 Å². The summed E-state index contributed by atoms with van der Waals surface area (Å²) in [7, 11) is 3.07. The maximum atomic E-state index is 15.3. The average molecular weight is 538 g/mol. The Kier molecular flexibility index (Phi) is 6.90. The number of halogens is 1. The van der Waals surface area contributed by atoms with Crippen molar-refractivity contribution in [2.45, 2.75) is 13.5 Å². The lowest BCUT2D eigenvalue weighted by molar-refractivity contribution is -0.134. The minimum Gasteiger partial charge on any atom is -0.493 e. The molecule has 2 aliphatic heterocycles. The predicted molar refractivity (Wildman–Crippen MR) is 142 cm³/mol. The Morgan fingerprint density at radius 2 is 1.72 bits per heavy atom. The van der Waals surface area contributed by atoms with Gasteiger partial charge in [-0.1, -0.05) is 6.07 Å². The summed E-state index contributed by atoms with van der Waals surface area (Å²) in [5.74, 6) is -1.31. The number of nitrogens with zero attached hydrogens (tertiary/aromatic N) is 3. The van der Waals surface area contributed by atoms with E-state index in [-0.39, 0.29) is 12.0 Å². The Bertz CT molecular complexity index is 1570. The maximum absolute atomic E-state index is 15.3. The fraction of sp³-hybridized carbons (Fsp3) is 0.321. The number of benzene rings is 2. The van der Waals surface area contributed by atoms with Crippen LogP contribution in [0.25, 0.3) is 16.5 Å². The third-order valence-corrected chi connectivity index (χ3v) is 7.23. The Morgan fingerprint density at radius 1 is 1.03 bits per heavy atom. The van der Waals surface area contributed by atoms with E-state index in [1.54, 1.807) is 35.9 Å². The van der Waals surface area contributed by atoms with Crippen molar-refractivity contribution >= 4 is 34.1 Å². The van der Waals surface area contributed by atoms with E-state index in [4.69, 9.17) is 14.2 Å². The number of rotatable bonds is 7. The number of methoxy groups -OCH3 is 2. The average Bonchev–Trinajstić information content (AvgIpc) is 3.33. The van der Waals surface area contributed by atoms with Crippen LogP contribution in [-0.2, 0) is 16.1 Å². The molecule has 2 aromatic carbocycles. The molecule has 204 valence electrons. The molecule has 0 atom stereocenters. The zero-order valence-corrected chi connectivity index (χ0v) is 21.8. The fourth-order valence-corrected chi connectivity index (χ4v) is 5.19. The summed E-state index contributed by atoms with van der Waals surface area (Å²) in [6.45, 7) is 4.33. The number of pyridine rings is 1. The molecule has 2 aliphatic rings. The van der Waals surface area contributed by atoms with Gasteiger partial charge in [-0.05, 0) is 36.8 Å². The number of hydrogen-bond acceptors (Lipinski definition) is 8. The van der Waals surface area contributed by atoms with Gasteiger partial charge in [0, 0.05) is 44.3 Å². The highest BCUT2D eigenvalue weighted by atomic mass is 19.1. The predicted octanol–water partition coefficient (Wildman–Crippen LogP) is 2.97. The van der Waals surface area contributed by atoms with Crippen LogP contribution in [0, 0.1) is 5.82 Å². The topological polar surface area (TPSA) is 111 Å². The molecule has 3 aromatic rings. The molecule has 0 radical (unpaired) electrons. The van der Waals surface area contributed by atoms with Crippen molar-refractivity contribution in [1.29, 1.82) is 0 Å². The highest BCUT2D eigenvalue weighted by molar-refractivity contribution is 6.19. The Balaban J connectivity index is 1.43. The lowest BCUT2D eigenvalue weighted by Crippen LogP contribution is -2.46. The van der Waals surface area contributed by atoms with Crippen molar-refractivity contribution in [3.8, 4) is 11.5 Å². The number of carbonyl (C=O) groups excluding carboxylic acids is 1. The molecule has 0 aliphatic carbocycles. The molecule has 0 saturated carbocycles. The molecule has 1 saturated heterocycles. The molecule has 1 aromatic heterocycles. The number of esters is 1. The number of carboxylic acids is 1. The Labute approximate surface area is 223 Å². The van der Waals surface area contributed by atoms with Gasteiger partial charge in [0.05, 0.1) is 36.7 Å². The van der Waals surface area contributed by atoms with E-state index < -0.39 is 28.7 Å². The highest BCUT2D eigenvalue weighted by Gasteiger charge is 2.32. The number of aryl methyl sites for hydroxylation is 1. The van der Waals surface area contributed by atoms with Crippen molar-refractivity contribution < 1.29 is 33.3 Å². The second-order valence-electron chi connectivity index (χ2n) is 9.23. The first-order chi connectivity index (χ1) is 18.8. The number of cyclic esters (lactones) is 1. The van der Waals surface area contributed by atoms with Crippen LogP contribution < -0.4 is 19.8 Å². The molecule has 0 bridgehead atoms. The number of anilines is 1. The summed E-state index contributed by atoms with van der Waals surface area (Å²) in [6.07, 6.45) is 1.30. The second kappa shape index (κ2) is 10.3. The standard InChI is InChI=1S/C28H28FN3O7/c1-4-30-14-18(27(34)35)26(33)17-12-19(29)21(13-20(17)30)31-7-9-32(10-8-31)22-15-39-28(36)25(22)16-5-6-23(37-2)24(11-16)38-3/h5-6,11-14H,4,7-10,15H2,1-3H3,(H,34,35). The smallest absolute Gasteiger partial charge is 0.341 e. The van der Waals surface area contributed by atoms with E-state index >= 15 is 4.39 Å². The van der Waals surface area contributed by atoms with Gasteiger partial charge in [-0.15, -0.1) is 0 Å². The van der Waals surface area contributed by atoms with Gasteiger partial charge in [0.1, 0.15) is 18.0 Å². The number of hydrogen-bond donors (Lipinski definition) is 1.